The minimum atomic E-state index is 0.233. The van der Waals surface area contributed by atoms with Crippen molar-refractivity contribution in [3.63, 3.8) is 0 Å². The second kappa shape index (κ2) is 5.17. The Bertz CT molecular complexity index is 364. The van der Waals surface area contributed by atoms with Gasteiger partial charge in [0.05, 0.1) is 7.11 Å². The molecule has 0 saturated carbocycles. The summed E-state index contributed by atoms with van der Waals surface area (Å²) in [5, 5.41) is 0. The van der Waals surface area contributed by atoms with Crippen LogP contribution in [0.1, 0.15) is 0 Å². The molecule has 0 unspecified atom stereocenters. The van der Waals surface area contributed by atoms with Crippen LogP contribution in [0.4, 0.5) is 0 Å². The van der Waals surface area contributed by atoms with E-state index >= 15 is 0 Å². The first kappa shape index (κ1) is 12.5. The van der Waals surface area contributed by atoms with E-state index in [-0.39, 0.29) is 6.98 Å². The molecule has 4 nitrogen and oxygen atoms in total. The van der Waals surface area contributed by atoms with E-state index in [9.17, 15) is 0 Å². The van der Waals surface area contributed by atoms with Crippen LogP contribution in [0.15, 0.2) is 24.3 Å². The van der Waals surface area contributed by atoms with Crippen molar-refractivity contribution in [2.75, 3.05) is 28.3 Å². The lowest BCUT2D eigenvalue weighted by Crippen LogP contribution is -2.68. The van der Waals surface area contributed by atoms with Gasteiger partial charge in [-0.1, -0.05) is 12.1 Å². The highest BCUT2D eigenvalue weighted by molar-refractivity contribution is 6.82. The Kier molecular flexibility index (Phi) is 3.81. The van der Waals surface area contributed by atoms with Crippen molar-refractivity contribution in [2.45, 2.75) is 0 Å². The molecule has 0 aliphatic carbocycles. The zero-order valence-electron chi connectivity index (χ0n) is 10.8. The van der Waals surface area contributed by atoms with Crippen LogP contribution in [-0.4, -0.2) is 64.5 Å². The van der Waals surface area contributed by atoms with Gasteiger partial charge in [-0.15, -0.1) is 0 Å². The van der Waals surface area contributed by atoms with Crippen LogP contribution in [0, 0.1) is 0 Å². The van der Waals surface area contributed by atoms with Gasteiger partial charge < -0.3 is 18.9 Å². The van der Waals surface area contributed by atoms with Gasteiger partial charge in [-0.25, -0.2) is 0 Å². The van der Waals surface area contributed by atoms with Crippen LogP contribution < -0.4 is 10.2 Å². The second-order valence-corrected chi connectivity index (χ2v) is 4.37. The molecule has 0 bridgehead atoms. The Morgan fingerprint density at radius 1 is 1.00 bits per heavy atom. The summed E-state index contributed by atoms with van der Waals surface area (Å²) in [4.78, 5) is 0. The Morgan fingerprint density at radius 3 is 2.00 bits per heavy atom. The lowest BCUT2D eigenvalue weighted by Gasteiger charge is -2.40. The molecule has 1 aromatic rings. The smallest absolute Gasteiger partial charge is 0.324 e. The Balaban J connectivity index is 2.19. The summed E-state index contributed by atoms with van der Waals surface area (Å²) in [7, 11) is 12.0. The molecule has 7 heteroatoms. The molecule has 1 fully saturated rings. The largest absolute Gasteiger partial charge is 0.497 e. The maximum absolute atomic E-state index is 5.18. The normalized spacial score (nSPS) is 18.7. The van der Waals surface area contributed by atoms with Crippen molar-refractivity contribution in [3.8, 4) is 5.75 Å². The van der Waals surface area contributed by atoms with Crippen molar-refractivity contribution < 1.29 is 4.74 Å². The van der Waals surface area contributed by atoms with Gasteiger partial charge in [0.2, 0.25) is 0 Å². The average Bonchev–Trinajstić information content (AvgIpc) is 2.28. The summed E-state index contributed by atoms with van der Waals surface area (Å²) >= 11 is 0. The second-order valence-electron chi connectivity index (χ2n) is 4.37. The molecule has 0 aromatic heterocycles. The van der Waals surface area contributed by atoms with E-state index in [2.05, 4.69) is 50.8 Å². The quantitative estimate of drug-likeness (QED) is 0.619. The van der Waals surface area contributed by atoms with Gasteiger partial charge in [-0.3, -0.25) is 0 Å². The van der Waals surface area contributed by atoms with Crippen LogP contribution in [0.25, 0.3) is 0 Å². The predicted molar refractivity (Wildman–Crippen MR) is 73.2 cm³/mol. The summed E-state index contributed by atoms with van der Waals surface area (Å²) in [6.07, 6.45) is 0. The van der Waals surface area contributed by atoms with Crippen LogP contribution >= 0.6 is 0 Å². The number of ether oxygens (including phenoxy) is 1. The Hall–Kier alpha value is -0.905. The first-order chi connectivity index (χ1) is 8.11. The molecule has 1 aliphatic rings. The van der Waals surface area contributed by atoms with E-state index in [1.807, 2.05) is 23.9 Å². The summed E-state index contributed by atoms with van der Waals surface area (Å²) in [6.45, 7) is 0.233. The molecule has 1 saturated heterocycles. The van der Waals surface area contributed by atoms with Gasteiger partial charge in [-0.2, -0.15) is 0 Å². The average molecular weight is 227 g/mol. The number of hydrogen-bond acceptors (Lipinski definition) is 4. The fourth-order valence-electron chi connectivity index (χ4n) is 2.26. The van der Waals surface area contributed by atoms with Crippen molar-refractivity contribution in [1.29, 1.82) is 0 Å². The van der Waals surface area contributed by atoms with E-state index in [1.165, 1.54) is 5.46 Å². The third-order valence-corrected chi connectivity index (χ3v) is 2.91. The minimum absolute atomic E-state index is 0.233. The van der Waals surface area contributed by atoms with Crippen molar-refractivity contribution in [3.05, 3.63) is 24.3 Å². The molecule has 1 aromatic carbocycles. The molecule has 86 valence electrons. The van der Waals surface area contributed by atoms with Gasteiger partial charge in [-0.05, 0) is 38.7 Å². The van der Waals surface area contributed by atoms with Crippen molar-refractivity contribution in [1.82, 2.24) is 14.2 Å². The number of rotatable bonds is 2. The van der Waals surface area contributed by atoms with E-state index in [1.54, 1.807) is 7.11 Å². The molecule has 2 radical (unpaired) electrons. The summed E-state index contributed by atoms with van der Waals surface area (Å²) in [5.74, 6) is 0.889. The van der Waals surface area contributed by atoms with E-state index in [4.69, 9.17) is 4.74 Å². The van der Waals surface area contributed by atoms with Crippen LogP contribution in [0.5, 0.6) is 5.75 Å². The van der Waals surface area contributed by atoms with E-state index < -0.39 is 0 Å². The minimum Gasteiger partial charge on any atom is -0.497 e. The lowest BCUT2D eigenvalue weighted by molar-refractivity contribution is 0.415. The molecule has 1 heterocycles. The Labute approximate surface area is 105 Å². The number of nitrogens with zero attached hydrogens (tertiary/aromatic N) is 3. The fraction of sp³-hybridized carbons (Fsp3) is 0.400. The highest BCUT2D eigenvalue weighted by Gasteiger charge is 2.34. The molecule has 0 atom stereocenters. The maximum Gasteiger partial charge on any atom is 0.324 e. The molecule has 0 spiro atoms. The maximum atomic E-state index is 5.18. The van der Waals surface area contributed by atoms with E-state index in [0.717, 1.165) is 5.75 Å². The van der Waals surface area contributed by atoms with Crippen LogP contribution in [0.3, 0.4) is 0 Å². The molecule has 0 N–H and O–H groups in total. The van der Waals surface area contributed by atoms with Gasteiger partial charge in [0.1, 0.15) is 5.75 Å². The molecule has 0 amide bonds. The van der Waals surface area contributed by atoms with Crippen LogP contribution in [-0.2, 0) is 0 Å². The van der Waals surface area contributed by atoms with Crippen molar-refractivity contribution >= 4 is 27.5 Å². The van der Waals surface area contributed by atoms with E-state index in [0.29, 0.717) is 0 Å². The number of hydrogen-bond donors (Lipinski definition) is 0. The zero-order valence-corrected chi connectivity index (χ0v) is 10.8. The summed E-state index contributed by atoms with van der Waals surface area (Å²) in [6, 6.07) is 8.19. The summed E-state index contributed by atoms with van der Waals surface area (Å²) in [5.41, 5.74) is 1.25. The first-order valence-corrected chi connectivity index (χ1v) is 5.61. The van der Waals surface area contributed by atoms with Crippen molar-refractivity contribution in [2.24, 2.45) is 0 Å². The number of methoxy groups -OCH3 is 1. The van der Waals surface area contributed by atoms with Crippen LogP contribution in [0.2, 0.25) is 0 Å². The van der Waals surface area contributed by atoms with Gasteiger partial charge in [0.25, 0.3) is 15.1 Å². The monoisotopic (exact) mass is 227 g/mol. The molecular formula is C10H16B3N3O. The molecule has 1 aliphatic heterocycles. The third kappa shape index (κ3) is 2.68. The highest BCUT2D eigenvalue weighted by atomic mass is 16.5. The summed E-state index contributed by atoms with van der Waals surface area (Å²) < 4.78 is 11.6. The standard InChI is InChI=1S/C10H16B3N3O/c1-14-11-15(2)13(16(3)12-14)9-5-7-10(17-4)8-6-9/h5-8H,1-4H3. The third-order valence-electron chi connectivity index (χ3n) is 2.91. The first-order valence-electron chi connectivity index (χ1n) is 5.61. The lowest BCUT2D eigenvalue weighted by atomic mass is 9.55. The highest BCUT2D eigenvalue weighted by Crippen LogP contribution is 2.09. The predicted octanol–water partition coefficient (Wildman–Crippen LogP) is -0.732. The molecular weight excluding hydrogens is 211 g/mol. The number of benzene rings is 1. The Morgan fingerprint density at radius 2 is 1.53 bits per heavy atom. The van der Waals surface area contributed by atoms with Gasteiger partial charge in [0, 0.05) is 0 Å². The fourth-order valence-corrected chi connectivity index (χ4v) is 2.26. The molecule has 17 heavy (non-hydrogen) atoms. The topological polar surface area (TPSA) is 19.0 Å². The van der Waals surface area contributed by atoms with Gasteiger partial charge >= 0.3 is 6.98 Å². The molecule has 2 rings (SSSR count). The van der Waals surface area contributed by atoms with Gasteiger partial charge in [0.15, 0.2) is 0 Å². The SMILES string of the molecule is COc1ccc(B2N(C)[B]N(C)[B]N2C)cc1. The zero-order chi connectivity index (χ0) is 12.4.